The number of carbonyl (C=O) groups excluding carboxylic acids is 1. The number of rotatable bonds is 6. The van der Waals surface area contributed by atoms with Crippen molar-refractivity contribution in [2.45, 2.75) is 64.0 Å². The number of benzene rings is 1. The normalized spacial score (nSPS) is 19.1. The van der Waals surface area contributed by atoms with Crippen molar-refractivity contribution in [3.8, 4) is 0 Å². The Morgan fingerprint density at radius 3 is 2.42 bits per heavy atom. The number of carbonyl (C=O) groups is 1. The van der Waals surface area contributed by atoms with Crippen LogP contribution < -0.4 is 0 Å². The fourth-order valence-electron chi connectivity index (χ4n) is 3.59. The average Bonchev–Trinajstić information content (AvgIpc) is 2.91. The highest BCUT2D eigenvalue weighted by atomic mass is 16.1. The van der Waals surface area contributed by atoms with Gasteiger partial charge in [0.15, 0.2) is 0 Å². The molecule has 1 unspecified atom stereocenters. The molecular formula is C17H25NO. The first-order valence-corrected chi connectivity index (χ1v) is 7.54. The first kappa shape index (κ1) is 14.1. The Kier molecular flexibility index (Phi) is 4.62. The van der Waals surface area contributed by atoms with Gasteiger partial charge in [-0.05, 0) is 31.7 Å². The molecule has 19 heavy (non-hydrogen) atoms. The molecule has 2 rings (SSSR count). The summed E-state index contributed by atoms with van der Waals surface area (Å²) in [4.78, 5) is 13.8. The zero-order chi connectivity index (χ0) is 13.7. The monoisotopic (exact) mass is 259 g/mol. The summed E-state index contributed by atoms with van der Waals surface area (Å²) in [5, 5.41) is 0. The molecule has 1 aromatic rings. The van der Waals surface area contributed by atoms with Gasteiger partial charge in [0, 0.05) is 6.04 Å². The van der Waals surface area contributed by atoms with Gasteiger partial charge in [-0.3, -0.25) is 4.79 Å². The Morgan fingerprint density at radius 2 is 1.89 bits per heavy atom. The summed E-state index contributed by atoms with van der Waals surface area (Å²) in [7, 11) is 0. The molecule has 2 nitrogen and oxygen atoms in total. The van der Waals surface area contributed by atoms with Crippen LogP contribution >= 0.6 is 0 Å². The maximum absolute atomic E-state index is 11.7. The summed E-state index contributed by atoms with van der Waals surface area (Å²) in [5.74, 6) is 0. The van der Waals surface area contributed by atoms with Gasteiger partial charge in [0.05, 0.1) is 5.54 Å². The SMILES string of the molecule is CCCC(C)N(C=O)C1(c2ccccc2)CCCC1. The van der Waals surface area contributed by atoms with Crippen molar-refractivity contribution in [2.24, 2.45) is 0 Å². The Morgan fingerprint density at radius 1 is 1.26 bits per heavy atom. The van der Waals surface area contributed by atoms with Crippen LogP contribution in [0.2, 0.25) is 0 Å². The molecule has 1 saturated carbocycles. The molecule has 0 N–H and O–H groups in total. The van der Waals surface area contributed by atoms with E-state index in [2.05, 4.69) is 43.0 Å². The minimum Gasteiger partial charge on any atom is -0.333 e. The van der Waals surface area contributed by atoms with E-state index in [4.69, 9.17) is 0 Å². The molecule has 1 amide bonds. The quantitative estimate of drug-likeness (QED) is 0.704. The fourth-order valence-corrected chi connectivity index (χ4v) is 3.59. The molecule has 1 fully saturated rings. The van der Waals surface area contributed by atoms with Crippen LogP contribution in [0, 0.1) is 0 Å². The smallest absolute Gasteiger partial charge is 0.210 e. The fraction of sp³-hybridized carbons (Fsp3) is 0.588. The lowest BCUT2D eigenvalue weighted by molar-refractivity contribution is -0.127. The Bertz CT molecular complexity index is 395. The van der Waals surface area contributed by atoms with E-state index in [1.807, 2.05) is 6.07 Å². The molecule has 0 aliphatic heterocycles. The maximum atomic E-state index is 11.7. The Labute approximate surface area is 116 Å². The zero-order valence-electron chi connectivity index (χ0n) is 12.1. The highest BCUT2D eigenvalue weighted by Gasteiger charge is 2.42. The van der Waals surface area contributed by atoms with E-state index in [1.165, 1.54) is 18.4 Å². The van der Waals surface area contributed by atoms with Crippen molar-refractivity contribution >= 4 is 6.41 Å². The van der Waals surface area contributed by atoms with Crippen LogP contribution in [0.4, 0.5) is 0 Å². The Balaban J connectivity index is 2.35. The van der Waals surface area contributed by atoms with Crippen molar-refractivity contribution in [2.75, 3.05) is 0 Å². The predicted octanol–water partition coefficient (Wildman–Crippen LogP) is 4.10. The Hall–Kier alpha value is -1.31. The van der Waals surface area contributed by atoms with Gasteiger partial charge >= 0.3 is 0 Å². The van der Waals surface area contributed by atoms with E-state index in [-0.39, 0.29) is 5.54 Å². The lowest BCUT2D eigenvalue weighted by atomic mass is 9.85. The van der Waals surface area contributed by atoms with Gasteiger partial charge in [-0.15, -0.1) is 0 Å². The molecule has 0 heterocycles. The van der Waals surface area contributed by atoms with Gasteiger partial charge < -0.3 is 4.90 Å². The van der Waals surface area contributed by atoms with E-state index in [0.717, 1.165) is 32.1 Å². The van der Waals surface area contributed by atoms with Crippen molar-refractivity contribution in [1.82, 2.24) is 4.90 Å². The third kappa shape index (κ3) is 2.68. The summed E-state index contributed by atoms with van der Waals surface area (Å²) in [6, 6.07) is 10.9. The number of hydrogen-bond acceptors (Lipinski definition) is 1. The molecule has 0 radical (unpaired) electrons. The minimum atomic E-state index is -0.0579. The summed E-state index contributed by atoms with van der Waals surface area (Å²) in [6.07, 6.45) is 7.92. The summed E-state index contributed by atoms with van der Waals surface area (Å²) < 4.78 is 0. The van der Waals surface area contributed by atoms with Crippen molar-refractivity contribution in [3.63, 3.8) is 0 Å². The van der Waals surface area contributed by atoms with Crippen LogP contribution in [-0.4, -0.2) is 17.4 Å². The first-order valence-electron chi connectivity index (χ1n) is 7.54. The number of nitrogens with zero attached hydrogens (tertiary/aromatic N) is 1. The maximum Gasteiger partial charge on any atom is 0.210 e. The molecule has 2 heteroatoms. The van der Waals surface area contributed by atoms with Gasteiger partial charge in [-0.25, -0.2) is 0 Å². The largest absolute Gasteiger partial charge is 0.333 e. The standard InChI is InChI=1S/C17H25NO/c1-3-9-15(2)18(14-19)17(12-7-8-13-17)16-10-5-4-6-11-16/h4-6,10-11,14-15H,3,7-9,12-13H2,1-2H3. The van der Waals surface area contributed by atoms with Crippen molar-refractivity contribution in [3.05, 3.63) is 35.9 Å². The van der Waals surface area contributed by atoms with Crippen molar-refractivity contribution in [1.29, 1.82) is 0 Å². The molecule has 1 atom stereocenters. The van der Waals surface area contributed by atoms with E-state index < -0.39 is 0 Å². The van der Waals surface area contributed by atoms with Crippen molar-refractivity contribution < 1.29 is 4.79 Å². The minimum absolute atomic E-state index is 0.0579. The molecule has 0 bridgehead atoms. The van der Waals surface area contributed by atoms with Crippen LogP contribution in [0.3, 0.4) is 0 Å². The van der Waals surface area contributed by atoms with Gasteiger partial charge in [-0.2, -0.15) is 0 Å². The molecule has 0 spiro atoms. The number of amides is 1. The summed E-state index contributed by atoms with van der Waals surface area (Å²) >= 11 is 0. The van der Waals surface area contributed by atoms with Gasteiger partial charge in [0.1, 0.15) is 0 Å². The first-order chi connectivity index (χ1) is 9.24. The lowest BCUT2D eigenvalue weighted by Gasteiger charge is -2.43. The topological polar surface area (TPSA) is 20.3 Å². The second kappa shape index (κ2) is 6.23. The highest BCUT2D eigenvalue weighted by molar-refractivity contribution is 5.51. The van der Waals surface area contributed by atoms with Crippen LogP contribution in [0.5, 0.6) is 0 Å². The zero-order valence-corrected chi connectivity index (χ0v) is 12.1. The van der Waals surface area contributed by atoms with E-state index in [9.17, 15) is 4.79 Å². The number of hydrogen-bond donors (Lipinski definition) is 0. The third-order valence-electron chi connectivity index (χ3n) is 4.53. The third-order valence-corrected chi connectivity index (χ3v) is 4.53. The molecule has 0 saturated heterocycles. The highest BCUT2D eigenvalue weighted by Crippen LogP contribution is 2.44. The van der Waals surface area contributed by atoms with Crippen LogP contribution in [-0.2, 0) is 10.3 Å². The molecule has 1 aliphatic rings. The summed E-state index contributed by atoms with van der Waals surface area (Å²) in [5.41, 5.74) is 1.25. The van der Waals surface area contributed by atoms with Crippen LogP contribution in [0.25, 0.3) is 0 Å². The van der Waals surface area contributed by atoms with E-state index in [1.54, 1.807) is 0 Å². The predicted molar refractivity (Wildman–Crippen MR) is 78.9 cm³/mol. The van der Waals surface area contributed by atoms with Gasteiger partial charge in [-0.1, -0.05) is 56.5 Å². The summed E-state index contributed by atoms with van der Waals surface area (Å²) in [6.45, 7) is 4.37. The van der Waals surface area contributed by atoms with E-state index >= 15 is 0 Å². The van der Waals surface area contributed by atoms with Crippen LogP contribution in [0.15, 0.2) is 30.3 Å². The second-order valence-corrected chi connectivity index (χ2v) is 5.76. The average molecular weight is 259 g/mol. The molecule has 1 aliphatic carbocycles. The molecule has 104 valence electrons. The lowest BCUT2D eigenvalue weighted by Crippen LogP contribution is -2.48. The molecule has 1 aromatic carbocycles. The van der Waals surface area contributed by atoms with Crippen LogP contribution in [0.1, 0.15) is 57.9 Å². The molecule has 0 aromatic heterocycles. The van der Waals surface area contributed by atoms with Gasteiger partial charge in [0.25, 0.3) is 0 Å². The molecular weight excluding hydrogens is 234 g/mol. The second-order valence-electron chi connectivity index (χ2n) is 5.76. The van der Waals surface area contributed by atoms with E-state index in [0.29, 0.717) is 6.04 Å². The van der Waals surface area contributed by atoms with Gasteiger partial charge in [0.2, 0.25) is 6.41 Å².